The number of hydrogen-bond acceptors (Lipinski definition) is 5. The van der Waals surface area contributed by atoms with E-state index in [1.54, 1.807) is 12.1 Å². The molecule has 7 heteroatoms. The second kappa shape index (κ2) is 5.99. The molecule has 5 nitrogen and oxygen atoms in total. The molecule has 0 unspecified atom stereocenters. The van der Waals surface area contributed by atoms with E-state index in [0.717, 1.165) is 27.6 Å². The van der Waals surface area contributed by atoms with E-state index in [9.17, 15) is 13.2 Å². The summed E-state index contributed by atoms with van der Waals surface area (Å²) in [7, 11) is -3.48. The average molecular weight is 360 g/mol. The molecule has 0 bridgehead atoms. The summed E-state index contributed by atoms with van der Waals surface area (Å²) >= 11 is 1.36. The van der Waals surface area contributed by atoms with Crippen LogP contribution in [0.25, 0.3) is 10.2 Å². The van der Waals surface area contributed by atoms with Gasteiger partial charge in [-0.15, -0.1) is 0 Å². The van der Waals surface area contributed by atoms with Gasteiger partial charge in [-0.25, -0.2) is 13.4 Å². The summed E-state index contributed by atoms with van der Waals surface area (Å²) in [5.74, 6) is -0.483. The van der Waals surface area contributed by atoms with Gasteiger partial charge in [0.25, 0.3) is 5.91 Å². The molecule has 0 aliphatic carbocycles. The van der Waals surface area contributed by atoms with E-state index in [1.807, 2.05) is 26.0 Å². The van der Waals surface area contributed by atoms with Crippen LogP contribution in [0.4, 0.5) is 5.13 Å². The molecule has 0 aliphatic heterocycles. The first-order chi connectivity index (χ1) is 11.3. The molecule has 3 aromatic rings. The Labute approximate surface area is 144 Å². The summed E-state index contributed by atoms with van der Waals surface area (Å²) in [4.78, 5) is 16.9. The zero-order valence-electron chi connectivity index (χ0n) is 13.5. The number of hydrogen-bond donors (Lipinski definition) is 1. The van der Waals surface area contributed by atoms with Crippen LogP contribution in [-0.4, -0.2) is 25.6 Å². The number of benzene rings is 2. The molecular weight excluding hydrogens is 344 g/mol. The number of carbonyl (C=O) groups excluding carboxylic acids is 1. The third-order valence-corrected chi connectivity index (χ3v) is 5.84. The van der Waals surface area contributed by atoms with Crippen LogP contribution in [0.2, 0.25) is 0 Å². The van der Waals surface area contributed by atoms with Gasteiger partial charge >= 0.3 is 0 Å². The van der Waals surface area contributed by atoms with Crippen LogP contribution in [0, 0.1) is 13.8 Å². The van der Waals surface area contributed by atoms with Crippen molar-refractivity contribution >= 4 is 42.4 Å². The summed E-state index contributed by atoms with van der Waals surface area (Å²) < 4.78 is 24.6. The van der Waals surface area contributed by atoms with E-state index in [-0.39, 0.29) is 10.5 Å². The number of thiazole rings is 1. The first-order valence-electron chi connectivity index (χ1n) is 7.24. The second-order valence-electron chi connectivity index (χ2n) is 5.65. The Morgan fingerprint density at radius 3 is 2.50 bits per heavy atom. The number of nitrogens with zero attached hydrogens (tertiary/aromatic N) is 1. The van der Waals surface area contributed by atoms with Crippen LogP contribution in [-0.2, 0) is 9.84 Å². The topological polar surface area (TPSA) is 76.1 Å². The maximum Gasteiger partial charge on any atom is 0.258 e. The van der Waals surface area contributed by atoms with Gasteiger partial charge in [0.1, 0.15) is 0 Å². The van der Waals surface area contributed by atoms with Gasteiger partial charge < -0.3 is 0 Å². The maximum absolute atomic E-state index is 12.5. The molecule has 1 aromatic heterocycles. The second-order valence-corrected chi connectivity index (χ2v) is 8.66. The average Bonchev–Trinajstić information content (AvgIpc) is 2.88. The largest absolute Gasteiger partial charge is 0.298 e. The summed E-state index contributed by atoms with van der Waals surface area (Å²) in [5.41, 5.74) is 3.22. The highest BCUT2D eigenvalue weighted by Gasteiger charge is 2.19. The summed E-state index contributed by atoms with van der Waals surface area (Å²) in [6.45, 7) is 4.03. The first-order valence-corrected chi connectivity index (χ1v) is 9.95. The van der Waals surface area contributed by atoms with Gasteiger partial charge in [0.2, 0.25) is 0 Å². The van der Waals surface area contributed by atoms with E-state index >= 15 is 0 Å². The van der Waals surface area contributed by atoms with Crippen LogP contribution < -0.4 is 5.32 Å². The molecule has 0 aliphatic rings. The monoisotopic (exact) mass is 360 g/mol. The number of nitrogens with one attached hydrogen (secondary N) is 1. The van der Waals surface area contributed by atoms with Crippen molar-refractivity contribution < 1.29 is 13.2 Å². The van der Waals surface area contributed by atoms with Crippen LogP contribution in [0.5, 0.6) is 0 Å². The third-order valence-electron chi connectivity index (χ3n) is 3.76. The van der Waals surface area contributed by atoms with Gasteiger partial charge in [-0.1, -0.05) is 23.5 Å². The van der Waals surface area contributed by atoms with E-state index in [0.29, 0.717) is 5.13 Å². The zero-order chi connectivity index (χ0) is 17.5. The molecule has 0 atom stereocenters. The smallest absolute Gasteiger partial charge is 0.258 e. The van der Waals surface area contributed by atoms with Crippen LogP contribution >= 0.6 is 11.3 Å². The minimum atomic E-state index is -3.48. The van der Waals surface area contributed by atoms with E-state index in [1.165, 1.54) is 23.5 Å². The van der Waals surface area contributed by atoms with E-state index in [2.05, 4.69) is 10.3 Å². The summed E-state index contributed by atoms with van der Waals surface area (Å²) in [6, 6.07) is 10.2. The molecular formula is C17H16N2O3S2. The lowest BCUT2D eigenvalue weighted by molar-refractivity contribution is 0.102. The van der Waals surface area contributed by atoms with Crippen LogP contribution in [0.3, 0.4) is 0 Å². The highest BCUT2D eigenvalue weighted by atomic mass is 32.2. The molecule has 1 heterocycles. The van der Waals surface area contributed by atoms with Gasteiger partial charge in [0.05, 0.1) is 20.7 Å². The number of anilines is 1. The molecule has 2 aromatic carbocycles. The highest BCUT2D eigenvalue weighted by Crippen LogP contribution is 2.29. The van der Waals surface area contributed by atoms with Crippen molar-refractivity contribution in [2.45, 2.75) is 18.7 Å². The van der Waals surface area contributed by atoms with Crippen molar-refractivity contribution in [3.63, 3.8) is 0 Å². The Balaban J connectivity index is 1.96. The molecule has 0 radical (unpaired) electrons. The van der Waals surface area contributed by atoms with Crippen molar-refractivity contribution in [3.05, 3.63) is 53.1 Å². The molecule has 1 amide bonds. The summed E-state index contributed by atoms with van der Waals surface area (Å²) in [6.07, 6.45) is 1.09. The van der Waals surface area contributed by atoms with E-state index < -0.39 is 15.7 Å². The Hall–Kier alpha value is -2.25. The Kier molecular flexibility index (Phi) is 4.15. The van der Waals surface area contributed by atoms with Crippen molar-refractivity contribution in [2.24, 2.45) is 0 Å². The lowest BCUT2D eigenvalue weighted by Crippen LogP contribution is -2.15. The minimum Gasteiger partial charge on any atom is -0.298 e. The third kappa shape index (κ3) is 3.18. The Morgan fingerprint density at radius 1 is 1.12 bits per heavy atom. The Morgan fingerprint density at radius 2 is 1.79 bits per heavy atom. The Bertz CT molecular complexity index is 1010. The van der Waals surface area contributed by atoms with Gasteiger partial charge in [-0.05, 0) is 49.2 Å². The van der Waals surface area contributed by atoms with E-state index in [4.69, 9.17) is 0 Å². The van der Waals surface area contributed by atoms with Gasteiger partial charge in [-0.2, -0.15) is 0 Å². The van der Waals surface area contributed by atoms with Gasteiger partial charge in [-0.3, -0.25) is 10.1 Å². The fourth-order valence-electron chi connectivity index (χ4n) is 2.38. The molecule has 124 valence electrons. The fraction of sp³-hybridized carbons (Fsp3) is 0.176. The predicted octanol–water partition coefficient (Wildman–Crippen LogP) is 3.57. The number of amides is 1. The van der Waals surface area contributed by atoms with Crippen molar-refractivity contribution in [1.82, 2.24) is 4.98 Å². The quantitative estimate of drug-likeness (QED) is 0.775. The standard InChI is InChI=1S/C17H16N2O3S2/c1-10-8-13-14(9-11(10)2)23-17(18-13)19-16(20)12-6-4-5-7-15(12)24(3,21)22/h4-9H,1-3H3,(H,18,19,20). The number of carbonyl (C=O) groups is 1. The lowest BCUT2D eigenvalue weighted by atomic mass is 10.1. The number of fused-ring (bicyclic) bond motifs is 1. The number of rotatable bonds is 3. The first kappa shape index (κ1) is 16.6. The van der Waals surface area contributed by atoms with Crippen LogP contribution in [0.1, 0.15) is 21.5 Å². The molecule has 3 rings (SSSR count). The maximum atomic E-state index is 12.5. The van der Waals surface area contributed by atoms with Gasteiger partial charge in [0.15, 0.2) is 15.0 Å². The normalized spacial score (nSPS) is 11.6. The van der Waals surface area contributed by atoms with Crippen molar-refractivity contribution in [3.8, 4) is 0 Å². The number of aromatic nitrogens is 1. The SMILES string of the molecule is Cc1cc2nc(NC(=O)c3ccccc3S(C)(=O)=O)sc2cc1C. The van der Waals surface area contributed by atoms with Crippen LogP contribution in [0.15, 0.2) is 41.3 Å². The molecule has 24 heavy (non-hydrogen) atoms. The molecule has 0 fully saturated rings. The predicted molar refractivity (Wildman–Crippen MR) is 96.6 cm³/mol. The molecule has 0 spiro atoms. The molecule has 0 saturated heterocycles. The zero-order valence-corrected chi connectivity index (χ0v) is 15.1. The molecule has 0 saturated carbocycles. The molecule has 1 N–H and O–H groups in total. The minimum absolute atomic E-state index is 0.00954. The number of aryl methyl sites for hydroxylation is 2. The summed E-state index contributed by atoms with van der Waals surface area (Å²) in [5, 5.41) is 3.15. The van der Waals surface area contributed by atoms with Crippen molar-refractivity contribution in [2.75, 3.05) is 11.6 Å². The number of sulfone groups is 1. The van der Waals surface area contributed by atoms with Crippen molar-refractivity contribution in [1.29, 1.82) is 0 Å². The fourth-order valence-corrected chi connectivity index (χ4v) is 4.20. The van der Waals surface area contributed by atoms with Gasteiger partial charge in [0, 0.05) is 6.26 Å². The highest BCUT2D eigenvalue weighted by molar-refractivity contribution is 7.90. The lowest BCUT2D eigenvalue weighted by Gasteiger charge is -2.06.